The first-order valence-corrected chi connectivity index (χ1v) is 6.53. The Morgan fingerprint density at radius 2 is 2.05 bits per heavy atom. The molecule has 6 heteroatoms. The molecule has 0 radical (unpaired) electrons. The van der Waals surface area contributed by atoms with E-state index in [1.54, 1.807) is 20.1 Å². The van der Waals surface area contributed by atoms with Gasteiger partial charge in [-0.05, 0) is 24.1 Å². The van der Waals surface area contributed by atoms with Crippen molar-refractivity contribution in [3.63, 3.8) is 0 Å². The minimum Gasteiger partial charge on any atom is -0.380 e. The predicted molar refractivity (Wildman–Crippen MR) is 80.1 cm³/mol. The van der Waals surface area contributed by atoms with Crippen LogP contribution >= 0.6 is 0 Å². The van der Waals surface area contributed by atoms with Crippen molar-refractivity contribution in [3.05, 3.63) is 63.3 Å². The fourth-order valence-electron chi connectivity index (χ4n) is 2.01. The zero-order chi connectivity index (χ0) is 15.2. The molecule has 0 fully saturated rings. The third kappa shape index (κ3) is 4.00. The molecule has 1 N–H and O–H groups in total. The molecule has 1 aromatic heterocycles. The Morgan fingerprint density at radius 3 is 2.76 bits per heavy atom. The van der Waals surface area contributed by atoms with Gasteiger partial charge in [0.05, 0.1) is 11.5 Å². The van der Waals surface area contributed by atoms with Crippen LogP contribution in [-0.4, -0.2) is 17.0 Å². The number of pyridine rings is 1. The summed E-state index contributed by atoms with van der Waals surface area (Å²) in [5.41, 5.74) is 2.79. The molecule has 0 saturated heterocycles. The van der Waals surface area contributed by atoms with Crippen molar-refractivity contribution in [2.24, 2.45) is 0 Å². The zero-order valence-corrected chi connectivity index (χ0v) is 12.0. The van der Waals surface area contributed by atoms with Crippen molar-refractivity contribution in [2.45, 2.75) is 20.1 Å². The summed E-state index contributed by atoms with van der Waals surface area (Å²) in [6.45, 7) is 2.81. The average Bonchev–Trinajstić information content (AvgIpc) is 2.45. The van der Waals surface area contributed by atoms with Gasteiger partial charge in [-0.2, -0.15) is 0 Å². The Labute approximate surface area is 122 Å². The summed E-state index contributed by atoms with van der Waals surface area (Å²) in [6.07, 6.45) is 0. The van der Waals surface area contributed by atoms with Crippen LogP contribution in [0.4, 0.5) is 11.5 Å². The molecule has 0 aliphatic heterocycles. The SMILES string of the molecule is COCc1cccc(CNc2nc(C)ccc2[N+](=O)[O-])c1. The molecule has 0 amide bonds. The highest BCUT2D eigenvalue weighted by molar-refractivity contribution is 5.56. The molecule has 1 aromatic carbocycles. The number of hydrogen-bond donors (Lipinski definition) is 1. The third-order valence-electron chi connectivity index (χ3n) is 2.97. The minimum atomic E-state index is -0.434. The van der Waals surface area contributed by atoms with E-state index < -0.39 is 4.92 Å². The van der Waals surface area contributed by atoms with E-state index in [2.05, 4.69) is 10.3 Å². The van der Waals surface area contributed by atoms with Gasteiger partial charge in [-0.15, -0.1) is 0 Å². The molecule has 0 aliphatic carbocycles. The average molecular weight is 287 g/mol. The van der Waals surface area contributed by atoms with Crippen LogP contribution in [-0.2, 0) is 17.9 Å². The van der Waals surface area contributed by atoms with E-state index in [0.29, 0.717) is 13.2 Å². The van der Waals surface area contributed by atoms with Crippen LogP contribution in [0.25, 0.3) is 0 Å². The first kappa shape index (κ1) is 14.9. The van der Waals surface area contributed by atoms with E-state index in [1.165, 1.54) is 6.07 Å². The highest BCUT2D eigenvalue weighted by Crippen LogP contribution is 2.22. The quantitative estimate of drug-likeness (QED) is 0.652. The fraction of sp³-hybridized carbons (Fsp3) is 0.267. The van der Waals surface area contributed by atoms with Crippen LogP contribution < -0.4 is 5.32 Å². The first-order valence-electron chi connectivity index (χ1n) is 6.53. The van der Waals surface area contributed by atoms with E-state index in [0.717, 1.165) is 16.8 Å². The van der Waals surface area contributed by atoms with E-state index in [9.17, 15) is 10.1 Å². The van der Waals surface area contributed by atoms with Crippen LogP contribution in [0.2, 0.25) is 0 Å². The highest BCUT2D eigenvalue weighted by atomic mass is 16.6. The maximum atomic E-state index is 11.0. The molecule has 0 unspecified atom stereocenters. The van der Waals surface area contributed by atoms with Crippen LogP contribution in [0, 0.1) is 17.0 Å². The van der Waals surface area contributed by atoms with E-state index >= 15 is 0 Å². The van der Waals surface area contributed by atoms with E-state index in [-0.39, 0.29) is 11.5 Å². The van der Waals surface area contributed by atoms with Gasteiger partial charge in [-0.25, -0.2) is 4.98 Å². The van der Waals surface area contributed by atoms with Crippen LogP contribution in [0.1, 0.15) is 16.8 Å². The number of hydrogen-bond acceptors (Lipinski definition) is 5. The molecule has 0 saturated carbocycles. The lowest BCUT2D eigenvalue weighted by Gasteiger charge is -2.08. The van der Waals surface area contributed by atoms with Crippen LogP contribution in [0.15, 0.2) is 36.4 Å². The topological polar surface area (TPSA) is 77.3 Å². The summed E-state index contributed by atoms with van der Waals surface area (Å²) in [5, 5.41) is 14.0. The second kappa shape index (κ2) is 6.81. The molecule has 6 nitrogen and oxygen atoms in total. The number of ether oxygens (including phenoxy) is 1. The highest BCUT2D eigenvalue weighted by Gasteiger charge is 2.14. The van der Waals surface area contributed by atoms with Gasteiger partial charge >= 0.3 is 5.69 Å². The number of anilines is 1. The monoisotopic (exact) mass is 287 g/mol. The first-order chi connectivity index (χ1) is 10.1. The molecule has 2 rings (SSSR count). The van der Waals surface area contributed by atoms with E-state index in [1.807, 2.05) is 24.3 Å². The Morgan fingerprint density at radius 1 is 1.29 bits per heavy atom. The molecule has 2 aromatic rings. The van der Waals surface area contributed by atoms with Gasteiger partial charge in [0.2, 0.25) is 5.82 Å². The largest absolute Gasteiger partial charge is 0.380 e. The zero-order valence-electron chi connectivity index (χ0n) is 12.0. The van der Waals surface area contributed by atoms with Crippen molar-refractivity contribution < 1.29 is 9.66 Å². The maximum absolute atomic E-state index is 11.0. The van der Waals surface area contributed by atoms with Gasteiger partial charge in [0.15, 0.2) is 0 Å². The van der Waals surface area contributed by atoms with Crippen molar-refractivity contribution in [2.75, 3.05) is 12.4 Å². The molecular weight excluding hydrogens is 270 g/mol. The van der Waals surface area contributed by atoms with Crippen LogP contribution in [0.3, 0.4) is 0 Å². The second-order valence-electron chi connectivity index (χ2n) is 4.68. The molecule has 0 spiro atoms. The summed E-state index contributed by atoms with van der Waals surface area (Å²) in [6, 6.07) is 10.9. The number of benzene rings is 1. The summed E-state index contributed by atoms with van der Waals surface area (Å²) < 4.78 is 5.09. The number of nitrogens with zero attached hydrogens (tertiary/aromatic N) is 2. The maximum Gasteiger partial charge on any atom is 0.311 e. The fourth-order valence-corrected chi connectivity index (χ4v) is 2.01. The number of aryl methyl sites for hydroxylation is 1. The van der Waals surface area contributed by atoms with E-state index in [4.69, 9.17) is 4.74 Å². The number of rotatable bonds is 6. The summed E-state index contributed by atoms with van der Waals surface area (Å²) in [5.74, 6) is 0.289. The standard InChI is InChI=1S/C15H17N3O3/c1-11-6-7-14(18(19)20)15(17-11)16-9-12-4-3-5-13(8-12)10-21-2/h3-8H,9-10H2,1-2H3,(H,16,17). The number of nitro groups is 1. The summed E-state index contributed by atoms with van der Waals surface area (Å²) >= 11 is 0. The Balaban J connectivity index is 2.14. The molecule has 1 heterocycles. The number of aromatic nitrogens is 1. The number of nitrogens with one attached hydrogen (secondary N) is 1. The molecule has 21 heavy (non-hydrogen) atoms. The smallest absolute Gasteiger partial charge is 0.311 e. The van der Waals surface area contributed by atoms with Crippen molar-refractivity contribution >= 4 is 11.5 Å². The third-order valence-corrected chi connectivity index (χ3v) is 2.97. The number of methoxy groups -OCH3 is 1. The normalized spacial score (nSPS) is 10.4. The van der Waals surface area contributed by atoms with Gasteiger partial charge in [0.1, 0.15) is 0 Å². The molecule has 110 valence electrons. The van der Waals surface area contributed by atoms with Gasteiger partial charge in [-0.3, -0.25) is 10.1 Å². The molecule has 0 atom stereocenters. The summed E-state index contributed by atoms with van der Waals surface area (Å²) in [7, 11) is 1.64. The second-order valence-corrected chi connectivity index (χ2v) is 4.68. The van der Waals surface area contributed by atoms with Crippen molar-refractivity contribution in [1.29, 1.82) is 0 Å². The van der Waals surface area contributed by atoms with Crippen molar-refractivity contribution in [3.8, 4) is 0 Å². The predicted octanol–water partition coefficient (Wildman–Crippen LogP) is 3.06. The lowest BCUT2D eigenvalue weighted by Crippen LogP contribution is -2.05. The minimum absolute atomic E-state index is 0.0198. The summed E-state index contributed by atoms with van der Waals surface area (Å²) in [4.78, 5) is 14.7. The van der Waals surface area contributed by atoms with Gasteiger partial charge in [0, 0.05) is 25.4 Å². The molecular formula is C15H17N3O3. The Bertz CT molecular complexity index is 644. The molecule has 0 aliphatic rings. The van der Waals surface area contributed by atoms with Crippen molar-refractivity contribution in [1.82, 2.24) is 4.98 Å². The van der Waals surface area contributed by atoms with Gasteiger partial charge in [-0.1, -0.05) is 24.3 Å². The van der Waals surface area contributed by atoms with Crippen LogP contribution in [0.5, 0.6) is 0 Å². The molecule has 0 bridgehead atoms. The lowest BCUT2D eigenvalue weighted by atomic mass is 10.1. The Kier molecular flexibility index (Phi) is 4.84. The lowest BCUT2D eigenvalue weighted by molar-refractivity contribution is -0.384. The Hall–Kier alpha value is -2.47. The van der Waals surface area contributed by atoms with Gasteiger partial charge in [0.25, 0.3) is 0 Å². The van der Waals surface area contributed by atoms with Gasteiger partial charge < -0.3 is 10.1 Å².